The lowest BCUT2D eigenvalue weighted by atomic mass is 10.0. The molecule has 154 valence electrons. The fourth-order valence-corrected chi connectivity index (χ4v) is 3.53. The molecule has 0 saturated carbocycles. The fraction of sp³-hybridized carbons (Fsp3) is 0.263. The highest BCUT2D eigenvalue weighted by Gasteiger charge is 2.37. The Hall–Kier alpha value is -3.47. The van der Waals surface area contributed by atoms with Gasteiger partial charge in [-0.3, -0.25) is 10.2 Å². The molecule has 4 heterocycles. The summed E-state index contributed by atoms with van der Waals surface area (Å²) >= 11 is 0. The van der Waals surface area contributed by atoms with Crippen molar-refractivity contribution < 1.29 is 17.9 Å². The maximum Gasteiger partial charge on any atom is 0.418 e. The first kappa shape index (κ1) is 18.6. The molecule has 0 saturated heterocycles. The predicted molar refractivity (Wildman–Crippen MR) is 102 cm³/mol. The van der Waals surface area contributed by atoms with Crippen LogP contribution in [-0.4, -0.2) is 30.4 Å². The highest BCUT2D eigenvalue weighted by molar-refractivity contribution is 5.93. The Bertz CT molecular complexity index is 1250. The molecule has 3 aromatic heterocycles. The summed E-state index contributed by atoms with van der Waals surface area (Å²) in [6, 6.07) is 3.93. The van der Waals surface area contributed by atoms with Crippen molar-refractivity contribution in [2.24, 2.45) is 0 Å². The second-order valence-electron chi connectivity index (χ2n) is 7.43. The quantitative estimate of drug-likeness (QED) is 0.462. The number of aromatic amines is 2. The first-order valence-corrected chi connectivity index (χ1v) is 9.10. The maximum atomic E-state index is 13.3. The number of anilines is 2. The van der Waals surface area contributed by atoms with Crippen molar-refractivity contribution in [2.75, 3.05) is 5.32 Å². The lowest BCUT2D eigenvalue weighted by molar-refractivity contribution is -0.136. The zero-order valence-corrected chi connectivity index (χ0v) is 15.9. The second kappa shape index (κ2) is 6.26. The largest absolute Gasteiger partial charge is 0.418 e. The summed E-state index contributed by atoms with van der Waals surface area (Å²) in [6.45, 7) is 4.06. The van der Waals surface area contributed by atoms with Gasteiger partial charge in [0.15, 0.2) is 11.6 Å². The number of ether oxygens (including phenoxy) is 1. The molecule has 8 nitrogen and oxygen atoms in total. The van der Waals surface area contributed by atoms with E-state index in [0.717, 1.165) is 11.6 Å². The first-order chi connectivity index (χ1) is 14.2. The molecule has 4 aromatic rings. The van der Waals surface area contributed by atoms with Gasteiger partial charge in [-0.1, -0.05) is 6.07 Å². The van der Waals surface area contributed by atoms with Crippen LogP contribution in [0.5, 0.6) is 0 Å². The topological polar surface area (TPSA) is 104 Å². The van der Waals surface area contributed by atoms with Crippen LogP contribution in [0.1, 0.15) is 30.7 Å². The van der Waals surface area contributed by atoms with E-state index in [0.29, 0.717) is 28.3 Å². The third kappa shape index (κ3) is 2.89. The van der Waals surface area contributed by atoms with Crippen LogP contribution in [0.3, 0.4) is 0 Å². The lowest BCUT2D eigenvalue weighted by Gasteiger charge is -2.18. The Labute approximate surface area is 167 Å². The van der Waals surface area contributed by atoms with Gasteiger partial charge in [0.05, 0.1) is 35.1 Å². The molecule has 3 N–H and O–H groups in total. The van der Waals surface area contributed by atoms with Gasteiger partial charge in [0.2, 0.25) is 0 Å². The van der Waals surface area contributed by atoms with Crippen molar-refractivity contribution in [1.82, 2.24) is 30.4 Å². The number of alkyl halides is 3. The Morgan fingerprint density at radius 3 is 2.73 bits per heavy atom. The molecular weight excluding hydrogens is 399 g/mol. The minimum absolute atomic E-state index is 0.0927. The monoisotopic (exact) mass is 415 g/mol. The van der Waals surface area contributed by atoms with Gasteiger partial charge in [-0.15, -0.1) is 0 Å². The van der Waals surface area contributed by atoms with Gasteiger partial charge in [-0.05, 0) is 26.0 Å². The summed E-state index contributed by atoms with van der Waals surface area (Å²) < 4.78 is 45.8. The van der Waals surface area contributed by atoms with Crippen LogP contribution >= 0.6 is 0 Å². The molecule has 1 aliphatic rings. The van der Waals surface area contributed by atoms with E-state index in [1.54, 1.807) is 18.5 Å². The summed E-state index contributed by atoms with van der Waals surface area (Å²) in [5.41, 5.74) is 0.601. The first-order valence-electron chi connectivity index (χ1n) is 9.10. The molecule has 11 heteroatoms. The minimum Gasteiger partial charge on any atom is -0.364 e. The summed E-state index contributed by atoms with van der Waals surface area (Å²) in [7, 11) is 0. The van der Waals surface area contributed by atoms with Crippen LogP contribution in [0, 0.1) is 0 Å². The molecule has 0 atom stereocenters. The Kier molecular flexibility index (Phi) is 3.87. The molecule has 0 radical (unpaired) electrons. The number of para-hydroxylation sites is 1. The van der Waals surface area contributed by atoms with E-state index in [-0.39, 0.29) is 17.9 Å². The Morgan fingerprint density at radius 2 is 2.00 bits per heavy atom. The molecule has 0 aliphatic carbocycles. The van der Waals surface area contributed by atoms with Gasteiger partial charge < -0.3 is 10.1 Å². The average molecular weight is 415 g/mol. The number of nitrogens with one attached hydrogen (secondary N) is 3. The number of hydrogen-bond donors (Lipinski definition) is 3. The van der Waals surface area contributed by atoms with Crippen LogP contribution in [-0.2, 0) is 23.1 Å². The van der Waals surface area contributed by atoms with Gasteiger partial charge in [0.25, 0.3) is 0 Å². The SMILES string of the molecule is CC1(C)OCc2c(Nc3n[nH]c4c(C(F)(F)F)cccc34)nc(-c3cn[nH]c3)nc21. The summed E-state index contributed by atoms with van der Waals surface area (Å²) in [4.78, 5) is 9.20. The summed E-state index contributed by atoms with van der Waals surface area (Å²) in [5.74, 6) is 1.08. The molecule has 1 aliphatic heterocycles. The molecule has 1 aromatic carbocycles. The molecule has 0 bridgehead atoms. The van der Waals surface area contributed by atoms with Crippen molar-refractivity contribution in [3.63, 3.8) is 0 Å². The maximum absolute atomic E-state index is 13.3. The summed E-state index contributed by atoms with van der Waals surface area (Å²) in [5, 5.41) is 16.6. The van der Waals surface area contributed by atoms with Crippen molar-refractivity contribution in [3.8, 4) is 11.4 Å². The van der Waals surface area contributed by atoms with Crippen LogP contribution in [0.15, 0.2) is 30.6 Å². The number of nitrogens with zero attached hydrogens (tertiary/aromatic N) is 4. The Balaban J connectivity index is 1.64. The van der Waals surface area contributed by atoms with E-state index >= 15 is 0 Å². The number of hydrogen-bond acceptors (Lipinski definition) is 6. The molecule has 0 spiro atoms. The number of rotatable bonds is 3. The lowest BCUT2D eigenvalue weighted by Crippen LogP contribution is -2.17. The molecule has 5 rings (SSSR count). The fourth-order valence-electron chi connectivity index (χ4n) is 3.53. The van der Waals surface area contributed by atoms with Crippen molar-refractivity contribution >= 4 is 22.5 Å². The van der Waals surface area contributed by atoms with Crippen LogP contribution in [0.25, 0.3) is 22.3 Å². The number of fused-ring (bicyclic) bond motifs is 2. The number of benzene rings is 1. The van der Waals surface area contributed by atoms with Crippen molar-refractivity contribution in [1.29, 1.82) is 0 Å². The zero-order valence-electron chi connectivity index (χ0n) is 15.9. The predicted octanol–water partition coefficient (Wildman–Crippen LogP) is 4.27. The highest BCUT2D eigenvalue weighted by atomic mass is 19.4. The van der Waals surface area contributed by atoms with Gasteiger partial charge in [0.1, 0.15) is 11.4 Å². The van der Waals surface area contributed by atoms with Crippen LogP contribution in [0.2, 0.25) is 0 Å². The van der Waals surface area contributed by atoms with E-state index in [2.05, 4.69) is 35.7 Å². The number of aromatic nitrogens is 6. The summed E-state index contributed by atoms with van der Waals surface area (Å²) in [6.07, 6.45) is -1.24. The van der Waals surface area contributed by atoms with E-state index in [4.69, 9.17) is 4.74 Å². The van der Waals surface area contributed by atoms with Crippen LogP contribution in [0.4, 0.5) is 24.8 Å². The second-order valence-corrected chi connectivity index (χ2v) is 7.43. The minimum atomic E-state index is -4.49. The van der Waals surface area contributed by atoms with Gasteiger partial charge in [0, 0.05) is 17.1 Å². The molecular formula is C19H16F3N7O. The van der Waals surface area contributed by atoms with Crippen LogP contribution < -0.4 is 5.32 Å². The average Bonchev–Trinajstić information content (AvgIpc) is 3.41. The number of halogens is 3. The van der Waals surface area contributed by atoms with E-state index < -0.39 is 17.3 Å². The highest BCUT2D eigenvalue weighted by Crippen LogP contribution is 2.40. The third-order valence-corrected chi connectivity index (χ3v) is 5.05. The zero-order chi connectivity index (χ0) is 21.1. The van der Waals surface area contributed by atoms with Gasteiger partial charge in [-0.25, -0.2) is 9.97 Å². The molecule has 0 amide bonds. The van der Waals surface area contributed by atoms with E-state index in [1.807, 2.05) is 13.8 Å². The molecule has 0 unspecified atom stereocenters. The smallest absolute Gasteiger partial charge is 0.364 e. The standard InChI is InChI=1S/C19H16F3N7O/c1-18(2)14-11(8-30-18)16(26-15(25-14)9-6-23-24-7-9)27-17-10-4-3-5-12(19(20,21)22)13(10)28-29-17/h3-7H,8H2,1-2H3,(H,23,24)(H2,25,26,27,28,29). The Morgan fingerprint density at radius 1 is 1.17 bits per heavy atom. The normalized spacial score (nSPS) is 15.5. The van der Waals surface area contributed by atoms with E-state index in [9.17, 15) is 13.2 Å². The molecule has 30 heavy (non-hydrogen) atoms. The van der Waals surface area contributed by atoms with Crippen molar-refractivity contribution in [2.45, 2.75) is 32.2 Å². The van der Waals surface area contributed by atoms with E-state index in [1.165, 1.54) is 6.07 Å². The van der Waals surface area contributed by atoms with Gasteiger partial charge in [-0.2, -0.15) is 23.4 Å². The third-order valence-electron chi connectivity index (χ3n) is 5.05. The van der Waals surface area contributed by atoms with Crippen molar-refractivity contribution in [3.05, 3.63) is 47.4 Å². The molecule has 0 fully saturated rings. The number of H-pyrrole nitrogens is 2. The van der Waals surface area contributed by atoms with Gasteiger partial charge >= 0.3 is 6.18 Å².